The molecule has 0 spiro atoms. The molecule has 2 saturated carbocycles. The van der Waals surface area contributed by atoms with Crippen molar-refractivity contribution in [2.45, 2.75) is 53.1 Å². The van der Waals surface area contributed by atoms with Crippen LogP contribution in [0.4, 0.5) is 0 Å². The van der Waals surface area contributed by atoms with Crippen molar-refractivity contribution in [3.63, 3.8) is 0 Å². The van der Waals surface area contributed by atoms with Crippen LogP contribution in [0, 0.1) is 23.7 Å². The van der Waals surface area contributed by atoms with E-state index in [4.69, 9.17) is 4.74 Å². The van der Waals surface area contributed by atoms with Crippen LogP contribution < -0.4 is 0 Å². The van der Waals surface area contributed by atoms with Crippen LogP contribution in [0.25, 0.3) is 0 Å². The molecule has 0 N–H and O–H groups in total. The van der Waals surface area contributed by atoms with E-state index in [0.29, 0.717) is 11.5 Å². The molecule has 2 nitrogen and oxygen atoms in total. The molecule has 2 aliphatic carbocycles. The van der Waals surface area contributed by atoms with E-state index in [-0.39, 0.29) is 22.9 Å². The van der Waals surface area contributed by atoms with E-state index >= 15 is 0 Å². The third-order valence-corrected chi connectivity index (χ3v) is 5.65. The standard InChI is InChI=1S/C18H24O2/c1-12-5-7-13(8-6-12)15(19)20-16-17(2,3)14-9-10-18(16,4)11-14/h5-8,14,16H,9-11H2,1-4H3/t14-,16+,18+/m0/s1. The molecule has 1 aromatic carbocycles. The minimum Gasteiger partial charge on any atom is -0.458 e. The van der Waals surface area contributed by atoms with Crippen molar-refractivity contribution in [3.05, 3.63) is 35.4 Å². The summed E-state index contributed by atoms with van der Waals surface area (Å²) in [5, 5.41) is 0. The molecule has 0 amide bonds. The highest BCUT2D eigenvalue weighted by Gasteiger charge is 2.61. The Morgan fingerprint density at radius 3 is 2.40 bits per heavy atom. The molecule has 3 atom stereocenters. The van der Waals surface area contributed by atoms with E-state index in [1.807, 2.05) is 31.2 Å². The topological polar surface area (TPSA) is 26.3 Å². The van der Waals surface area contributed by atoms with E-state index in [2.05, 4.69) is 20.8 Å². The third-order valence-electron chi connectivity index (χ3n) is 5.65. The number of benzene rings is 1. The van der Waals surface area contributed by atoms with Crippen molar-refractivity contribution in [2.24, 2.45) is 16.7 Å². The molecule has 0 heterocycles. The summed E-state index contributed by atoms with van der Waals surface area (Å²) in [5.41, 5.74) is 2.11. The summed E-state index contributed by atoms with van der Waals surface area (Å²) in [6, 6.07) is 7.65. The summed E-state index contributed by atoms with van der Waals surface area (Å²) in [6.07, 6.45) is 3.71. The van der Waals surface area contributed by atoms with Gasteiger partial charge in [0.05, 0.1) is 5.56 Å². The van der Waals surface area contributed by atoms with Crippen LogP contribution in [0.3, 0.4) is 0 Å². The number of fused-ring (bicyclic) bond motifs is 2. The Hall–Kier alpha value is -1.31. The molecule has 3 rings (SSSR count). The summed E-state index contributed by atoms with van der Waals surface area (Å²) in [7, 11) is 0. The molecular weight excluding hydrogens is 248 g/mol. The molecule has 2 fully saturated rings. The molecule has 0 radical (unpaired) electrons. The average Bonchev–Trinajstić information content (AvgIpc) is 2.86. The van der Waals surface area contributed by atoms with Gasteiger partial charge < -0.3 is 4.74 Å². The highest BCUT2D eigenvalue weighted by molar-refractivity contribution is 5.89. The van der Waals surface area contributed by atoms with Gasteiger partial charge in [-0.25, -0.2) is 4.79 Å². The minimum atomic E-state index is -0.170. The number of hydrogen-bond acceptors (Lipinski definition) is 2. The number of aryl methyl sites for hydroxylation is 1. The van der Waals surface area contributed by atoms with Gasteiger partial charge in [0.25, 0.3) is 0 Å². The molecule has 0 aromatic heterocycles. The molecular formula is C18H24O2. The fourth-order valence-corrected chi connectivity index (χ4v) is 4.42. The number of rotatable bonds is 2. The van der Waals surface area contributed by atoms with Gasteiger partial charge in [-0.15, -0.1) is 0 Å². The second kappa shape index (κ2) is 4.34. The fraction of sp³-hybridized carbons (Fsp3) is 0.611. The molecule has 0 unspecified atom stereocenters. The molecule has 0 saturated heterocycles. The van der Waals surface area contributed by atoms with Crippen molar-refractivity contribution in [1.29, 1.82) is 0 Å². The zero-order valence-corrected chi connectivity index (χ0v) is 12.9. The van der Waals surface area contributed by atoms with Gasteiger partial charge in [-0.2, -0.15) is 0 Å². The molecule has 0 aliphatic heterocycles. The van der Waals surface area contributed by atoms with Gasteiger partial charge in [-0.1, -0.05) is 38.5 Å². The van der Waals surface area contributed by atoms with Crippen LogP contribution in [-0.4, -0.2) is 12.1 Å². The lowest BCUT2D eigenvalue weighted by Crippen LogP contribution is -2.43. The average molecular weight is 272 g/mol. The molecule has 2 bridgehead atoms. The van der Waals surface area contributed by atoms with Crippen molar-refractivity contribution in [2.75, 3.05) is 0 Å². The summed E-state index contributed by atoms with van der Waals surface area (Å²) in [4.78, 5) is 12.4. The quantitative estimate of drug-likeness (QED) is 0.747. The maximum atomic E-state index is 12.4. The first-order chi connectivity index (χ1) is 9.33. The summed E-state index contributed by atoms with van der Waals surface area (Å²) in [5.74, 6) is 0.528. The Morgan fingerprint density at radius 2 is 1.85 bits per heavy atom. The van der Waals surface area contributed by atoms with E-state index in [1.54, 1.807) is 0 Å². The van der Waals surface area contributed by atoms with Crippen LogP contribution in [-0.2, 0) is 4.74 Å². The number of carbonyl (C=O) groups is 1. The SMILES string of the molecule is Cc1ccc(C(=O)O[C@@H]2C(C)(C)[C@H]3CC[C@]2(C)C3)cc1. The number of hydrogen-bond donors (Lipinski definition) is 0. The second-order valence-electron chi connectivity index (χ2n) is 7.57. The smallest absolute Gasteiger partial charge is 0.338 e. The Bertz CT molecular complexity index is 524. The maximum Gasteiger partial charge on any atom is 0.338 e. The van der Waals surface area contributed by atoms with E-state index in [0.717, 1.165) is 5.56 Å². The first-order valence-electron chi connectivity index (χ1n) is 7.60. The van der Waals surface area contributed by atoms with Gasteiger partial charge in [0.2, 0.25) is 0 Å². The molecule has 1 aromatic rings. The highest BCUT2D eigenvalue weighted by Crippen LogP contribution is 2.63. The van der Waals surface area contributed by atoms with Crippen molar-refractivity contribution in [3.8, 4) is 0 Å². The van der Waals surface area contributed by atoms with Crippen LogP contribution in [0.5, 0.6) is 0 Å². The lowest BCUT2D eigenvalue weighted by Gasteiger charge is -2.41. The van der Waals surface area contributed by atoms with E-state index < -0.39 is 0 Å². The largest absolute Gasteiger partial charge is 0.458 e. The number of carbonyl (C=O) groups excluding carboxylic acids is 1. The first-order valence-corrected chi connectivity index (χ1v) is 7.60. The number of ether oxygens (including phenoxy) is 1. The predicted octanol–water partition coefficient (Wildman–Crippen LogP) is 4.37. The Kier molecular flexibility index (Phi) is 2.97. The lowest BCUT2D eigenvalue weighted by atomic mass is 9.70. The number of esters is 1. The van der Waals surface area contributed by atoms with Gasteiger partial charge in [0, 0.05) is 10.8 Å². The Morgan fingerprint density at radius 1 is 1.20 bits per heavy atom. The van der Waals surface area contributed by atoms with Gasteiger partial charge in [0.1, 0.15) is 6.10 Å². The Balaban J connectivity index is 1.80. The second-order valence-corrected chi connectivity index (χ2v) is 7.57. The minimum absolute atomic E-state index is 0.0440. The van der Waals surface area contributed by atoms with Crippen molar-refractivity contribution in [1.82, 2.24) is 0 Å². The van der Waals surface area contributed by atoms with Crippen LogP contribution in [0.15, 0.2) is 24.3 Å². The van der Waals surface area contributed by atoms with Crippen LogP contribution >= 0.6 is 0 Å². The monoisotopic (exact) mass is 272 g/mol. The normalized spacial score (nSPS) is 34.2. The summed E-state index contributed by atoms with van der Waals surface area (Å²) >= 11 is 0. The van der Waals surface area contributed by atoms with Crippen molar-refractivity contribution < 1.29 is 9.53 Å². The fourth-order valence-electron chi connectivity index (χ4n) is 4.42. The maximum absolute atomic E-state index is 12.4. The van der Waals surface area contributed by atoms with E-state index in [9.17, 15) is 4.79 Å². The first kappa shape index (κ1) is 13.7. The van der Waals surface area contributed by atoms with Crippen molar-refractivity contribution >= 4 is 5.97 Å². The summed E-state index contributed by atoms with van der Waals surface area (Å²) in [6.45, 7) is 8.83. The van der Waals surface area contributed by atoms with Gasteiger partial charge >= 0.3 is 5.97 Å². The van der Waals surface area contributed by atoms with Gasteiger partial charge in [-0.05, 0) is 44.2 Å². The lowest BCUT2D eigenvalue weighted by molar-refractivity contribution is -0.0584. The zero-order chi connectivity index (χ0) is 14.5. The molecule has 108 valence electrons. The molecule has 20 heavy (non-hydrogen) atoms. The van der Waals surface area contributed by atoms with Gasteiger partial charge in [0.15, 0.2) is 0 Å². The van der Waals surface area contributed by atoms with Gasteiger partial charge in [-0.3, -0.25) is 0 Å². The zero-order valence-electron chi connectivity index (χ0n) is 12.9. The van der Waals surface area contributed by atoms with E-state index in [1.165, 1.54) is 19.3 Å². The van der Waals surface area contributed by atoms with Crippen LogP contribution in [0.2, 0.25) is 0 Å². The summed E-state index contributed by atoms with van der Waals surface area (Å²) < 4.78 is 5.95. The molecule has 2 aliphatic rings. The van der Waals surface area contributed by atoms with Crippen LogP contribution in [0.1, 0.15) is 56.0 Å². The Labute approximate surface area is 121 Å². The predicted molar refractivity (Wildman–Crippen MR) is 79.6 cm³/mol. The highest BCUT2D eigenvalue weighted by atomic mass is 16.5. The molecule has 2 heteroatoms. The third kappa shape index (κ3) is 1.97.